The number of benzene rings is 2. The van der Waals surface area contributed by atoms with Gasteiger partial charge < -0.3 is 15.5 Å². The van der Waals surface area contributed by atoms with Crippen LogP contribution < -0.4 is 5.32 Å². The first-order chi connectivity index (χ1) is 16.9. The maximum absolute atomic E-state index is 12.5. The van der Waals surface area contributed by atoms with Crippen molar-refractivity contribution in [1.29, 1.82) is 0 Å². The van der Waals surface area contributed by atoms with Gasteiger partial charge in [0, 0.05) is 5.92 Å². The zero-order valence-corrected chi connectivity index (χ0v) is 19.6. The Labute approximate surface area is 202 Å². The van der Waals surface area contributed by atoms with Gasteiger partial charge in [-0.3, -0.25) is 4.79 Å². The molecule has 0 bridgehead atoms. The van der Waals surface area contributed by atoms with Crippen molar-refractivity contribution < 1.29 is 15.0 Å². The predicted molar refractivity (Wildman–Crippen MR) is 127 cm³/mol. The number of aromatic amines is 1. The number of tetrazole rings is 1. The minimum absolute atomic E-state index is 0.0271. The fourth-order valence-corrected chi connectivity index (χ4v) is 4.91. The molecule has 3 atom stereocenters. The summed E-state index contributed by atoms with van der Waals surface area (Å²) in [6.45, 7) is 3.98. The molecule has 35 heavy (non-hydrogen) atoms. The van der Waals surface area contributed by atoms with E-state index in [-0.39, 0.29) is 34.7 Å². The van der Waals surface area contributed by atoms with Gasteiger partial charge in [0.15, 0.2) is 17.3 Å². The van der Waals surface area contributed by atoms with Crippen molar-refractivity contribution >= 4 is 11.6 Å². The summed E-state index contributed by atoms with van der Waals surface area (Å²) in [7, 11) is 0. The van der Waals surface area contributed by atoms with E-state index >= 15 is 0 Å². The Morgan fingerprint density at radius 3 is 2.63 bits per heavy atom. The van der Waals surface area contributed by atoms with Crippen molar-refractivity contribution in [2.45, 2.75) is 57.4 Å². The summed E-state index contributed by atoms with van der Waals surface area (Å²) in [5.74, 6) is 0.299. The number of azo groups is 1. The number of nitrogens with zero attached hydrogens (tertiary/aromatic N) is 5. The number of nitrogens with one attached hydrogen (secondary N) is 2. The van der Waals surface area contributed by atoms with Crippen molar-refractivity contribution in [3.63, 3.8) is 0 Å². The lowest BCUT2D eigenvalue weighted by Crippen LogP contribution is -2.22. The first kappa shape index (κ1) is 22.7. The van der Waals surface area contributed by atoms with Gasteiger partial charge in [0.25, 0.3) is 5.91 Å². The number of aromatic hydroxyl groups is 1. The fraction of sp³-hybridized carbons (Fsp3) is 0.360. The number of phenols is 1. The average molecular weight is 474 g/mol. The minimum Gasteiger partial charge on any atom is -0.507 e. The highest BCUT2D eigenvalue weighted by Crippen LogP contribution is 2.45. The Morgan fingerprint density at radius 2 is 1.86 bits per heavy atom. The quantitative estimate of drug-likeness (QED) is 0.395. The molecular weight excluding hydrogens is 446 g/mol. The van der Waals surface area contributed by atoms with E-state index in [4.69, 9.17) is 0 Å². The van der Waals surface area contributed by atoms with Crippen molar-refractivity contribution in [3.8, 4) is 5.75 Å². The number of aliphatic hydroxyl groups is 1. The Kier molecular flexibility index (Phi) is 6.02. The van der Waals surface area contributed by atoms with Crippen molar-refractivity contribution in [2.75, 3.05) is 0 Å². The van der Waals surface area contributed by atoms with Crippen LogP contribution >= 0.6 is 0 Å². The average Bonchev–Trinajstić information content (AvgIpc) is 3.49. The summed E-state index contributed by atoms with van der Waals surface area (Å²) in [4.78, 5) is 12.5. The number of rotatable bonds is 5. The molecule has 1 fully saturated rings. The zero-order valence-electron chi connectivity index (χ0n) is 19.6. The number of aliphatic hydroxyl groups excluding tert-OH is 1. The third kappa shape index (κ3) is 4.39. The number of aryl methyl sites for hydroxylation is 2. The lowest BCUT2D eigenvalue weighted by molar-refractivity contribution is -0.117. The van der Waals surface area contributed by atoms with Crippen LogP contribution in [0.5, 0.6) is 5.75 Å². The molecule has 4 N–H and O–H groups in total. The SMILES string of the molecule is Cc1ccc(C2NC(=O)C(N=Nc3cccc(C4CCCC(c5nn[nH]n5)C4)c3O)=C2O)cc1C. The van der Waals surface area contributed by atoms with Crippen LogP contribution in [0.3, 0.4) is 0 Å². The number of para-hydroxylation sites is 1. The summed E-state index contributed by atoms with van der Waals surface area (Å²) in [5.41, 5.74) is 3.81. The highest BCUT2D eigenvalue weighted by Gasteiger charge is 2.34. The van der Waals surface area contributed by atoms with Gasteiger partial charge >= 0.3 is 0 Å². The Hall–Kier alpha value is -4.08. The van der Waals surface area contributed by atoms with Crippen molar-refractivity contribution in [3.05, 3.63) is 75.9 Å². The topological polar surface area (TPSA) is 149 Å². The second-order valence-corrected chi connectivity index (χ2v) is 9.23. The molecule has 180 valence electrons. The lowest BCUT2D eigenvalue weighted by Gasteiger charge is -2.28. The van der Waals surface area contributed by atoms with Gasteiger partial charge in [0.05, 0.1) is 0 Å². The van der Waals surface area contributed by atoms with E-state index in [2.05, 4.69) is 36.2 Å². The maximum atomic E-state index is 12.5. The number of aromatic nitrogens is 4. The second kappa shape index (κ2) is 9.28. The molecule has 5 rings (SSSR count). The smallest absolute Gasteiger partial charge is 0.276 e. The lowest BCUT2D eigenvalue weighted by atomic mass is 9.77. The van der Waals surface area contributed by atoms with Crippen LogP contribution in [0, 0.1) is 13.8 Å². The molecule has 1 aromatic heterocycles. The molecule has 10 nitrogen and oxygen atoms in total. The third-order valence-corrected chi connectivity index (χ3v) is 7.02. The van der Waals surface area contributed by atoms with Crippen molar-refractivity contribution in [1.82, 2.24) is 25.9 Å². The summed E-state index contributed by atoms with van der Waals surface area (Å²) >= 11 is 0. The largest absolute Gasteiger partial charge is 0.507 e. The molecule has 0 radical (unpaired) electrons. The summed E-state index contributed by atoms with van der Waals surface area (Å²) in [6.07, 6.45) is 3.67. The second-order valence-electron chi connectivity index (χ2n) is 9.23. The molecule has 2 aromatic carbocycles. The van der Waals surface area contributed by atoms with E-state index in [0.717, 1.165) is 47.9 Å². The number of carbonyl (C=O) groups excluding carboxylic acids is 1. The van der Waals surface area contributed by atoms with Crippen LogP contribution in [0.15, 0.2) is 58.1 Å². The number of hydrogen-bond acceptors (Lipinski definition) is 8. The van der Waals surface area contributed by atoms with Gasteiger partial charge in [-0.2, -0.15) is 5.21 Å². The van der Waals surface area contributed by atoms with Crippen LogP contribution in [-0.4, -0.2) is 36.7 Å². The van der Waals surface area contributed by atoms with E-state index in [1.54, 1.807) is 6.07 Å². The Bertz CT molecular complexity index is 1320. The van der Waals surface area contributed by atoms with Crippen LogP contribution in [-0.2, 0) is 4.79 Å². The van der Waals surface area contributed by atoms with E-state index in [1.165, 1.54) is 0 Å². The Balaban J connectivity index is 1.38. The molecular formula is C25H27N7O3. The highest BCUT2D eigenvalue weighted by atomic mass is 16.3. The number of hydrogen-bond donors (Lipinski definition) is 4. The molecule has 1 saturated carbocycles. The number of H-pyrrole nitrogens is 1. The summed E-state index contributed by atoms with van der Waals surface area (Å²) in [6, 6.07) is 10.4. The molecule has 1 aliphatic heterocycles. The molecule has 2 aliphatic rings. The van der Waals surface area contributed by atoms with Gasteiger partial charge in [-0.25, -0.2) is 0 Å². The number of phenolic OH excluding ortho intramolecular Hbond substituents is 1. The van der Waals surface area contributed by atoms with Crippen LogP contribution in [0.4, 0.5) is 5.69 Å². The number of amides is 1. The van der Waals surface area contributed by atoms with E-state index in [9.17, 15) is 15.0 Å². The monoisotopic (exact) mass is 473 g/mol. The highest BCUT2D eigenvalue weighted by molar-refractivity contribution is 5.96. The predicted octanol–water partition coefficient (Wildman–Crippen LogP) is 4.69. The molecule has 10 heteroatoms. The normalized spacial score (nSPS) is 22.7. The van der Waals surface area contributed by atoms with Crippen LogP contribution in [0.2, 0.25) is 0 Å². The first-order valence-electron chi connectivity index (χ1n) is 11.7. The van der Waals surface area contributed by atoms with Gasteiger partial charge in [-0.15, -0.1) is 20.4 Å². The van der Waals surface area contributed by atoms with Gasteiger partial charge in [0.2, 0.25) is 0 Å². The van der Waals surface area contributed by atoms with Crippen molar-refractivity contribution in [2.24, 2.45) is 10.2 Å². The van der Waals surface area contributed by atoms with E-state index in [0.29, 0.717) is 5.82 Å². The summed E-state index contributed by atoms with van der Waals surface area (Å²) in [5, 5.41) is 47.0. The standard InChI is InChI=1S/C25H27N7O3/c1-13-9-10-16(11-14(13)2)20-23(34)21(25(35)26-20)28-27-19-8-4-7-18(22(19)33)15-5-3-6-17(12-15)24-29-31-32-30-24/h4,7-11,15,17,20,33-34H,3,5-6,12H2,1-2H3,(H,26,35)(H,29,30,31,32). The molecule has 3 aromatic rings. The van der Waals surface area contributed by atoms with Gasteiger partial charge in [0.1, 0.15) is 17.5 Å². The Morgan fingerprint density at radius 1 is 1.03 bits per heavy atom. The molecule has 0 saturated heterocycles. The zero-order chi connectivity index (χ0) is 24.5. The molecule has 3 unspecified atom stereocenters. The molecule has 2 heterocycles. The van der Waals surface area contributed by atoms with Gasteiger partial charge in [-0.05, 0) is 67.3 Å². The molecule has 1 amide bonds. The third-order valence-electron chi connectivity index (χ3n) is 7.02. The fourth-order valence-electron chi connectivity index (χ4n) is 4.91. The van der Waals surface area contributed by atoms with Crippen LogP contribution in [0.25, 0.3) is 0 Å². The molecule has 1 aliphatic carbocycles. The maximum Gasteiger partial charge on any atom is 0.276 e. The molecule has 0 spiro atoms. The summed E-state index contributed by atoms with van der Waals surface area (Å²) < 4.78 is 0. The minimum atomic E-state index is -0.681. The van der Waals surface area contributed by atoms with E-state index < -0.39 is 11.9 Å². The first-order valence-corrected chi connectivity index (χ1v) is 11.7. The van der Waals surface area contributed by atoms with E-state index in [1.807, 2.05) is 44.2 Å². The number of carbonyl (C=O) groups is 1. The van der Waals surface area contributed by atoms with Crippen LogP contribution in [0.1, 0.15) is 71.6 Å². The van der Waals surface area contributed by atoms with Gasteiger partial charge in [-0.1, -0.05) is 42.0 Å².